The van der Waals surface area contributed by atoms with Gasteiger partial charge in [0.05, 0.1) is 5.39 Å². The molecule has 2 heterocycles. The van der Waals surface area contributed by atoms with Gasteiger partial charge in [-0.2, -0.15) is 5.10 Å². The normalized spacial score (nSPS) is 12.6. The molecule has 0 radical (unpaired) electrons. The number of anilines is 2. The van der Waals surface area contributed by atoms with Gasteiger partial charge in [0.1, 0.15) is 17.8 Å². The molecule has 0 saturated heterocycles. The van der Waals surface area contributed by atoms with Gasteiger partial charge in [-0.15, -0.1) is 0 Å². The summed E-state index contributed by atoms with van der Waals surface area (Å²) < 4.78 is 8.18. The lowest BCUT2D eigenvalue weighted by atomic mass is 10.1. The van der Waals surface area contributed by atoms with Gasteiger partial charge >= 0.3 is 0 Å². The molecule has 8 heteroatoms. The summed E-state index contributed by atoms with van der Waals surface area (Å²) in [5, 5.41) is 5.76. The topological polar surface area (TPSA) is 105 Å². The third kappa shape index (κ3) is 4.02. The standard InChI is InChI=1S/C20H30N6OSi/c1-20(2,3)28(4,5)27-12-6-11-26-19-16(18(22)23-13-24-19)17(25-26)14-7-9-15(21)10-8-14/h7-10,13H,6,11-12,21H2,1-5H3,(H2,22,23,24). The number of nitrogen functional groups attached to an aromatic ring is 2. The molecule has 0 aliphatic carbocycles. The predicted octanol–water partition coefficient (Wildman–Crippen LogP) is 4.07. The molecule has 3 aromatic rings. The molecule has 150 valence electrons. The average Bonchev–Trinajstić information content (AvgIpc) is 2.98. The van der Waals surface area contributed by atoms with E-state index in [-0.39, 0.29) is 5.04 Å². The Kier molecular flexibility index (Phi) is 5.45. The van der Waals surface area contributed by atoms with Crippen molar-refractivity contribution < 1.29 is 4.43 Å². The Hall–Kier alpha value is -2.45. The SMILES string of the molecule is CC(C)(C)[Si](C)(C)OCCCn1nc(-c2ccc(N)cc2)c2c(N)ncnc21. The fraction of sp³-hybridized carbons (Fsp3) is 0.450. The zero-order valence-corrected chi connectivity index (χ0v) is 18.4. The van der Waals surface area contributed by atoms with Crippen LogP contribution in [0.25, 0.3) is 22.3 Å². The lowest BCUT2D eigenvalue weighted by Gasteiger charge is -2.36. The van der Waals surface area contributed by atoms with Crippen LogP contribution in [0.4, 0.5) is 11.5 Å². The monoisotopic (exact) mass is 398 g/mol. The number of aryl methyl sites for hydroxylation is 1. The highest BCUT2D eigenvalue weighted by Gasteiger charge is 2.36. The van der Waals surface area contributed by atoms with Crippen molar-refractivity contribution >= 4 is 30.9 Å². The van der Waals surface area contributed by atoms with Gasteiger partial charge in [-0.05, 0) is 36.7 Å². The Bertz CT molecular complexity index is 959. The smallest absolute Gasteiger partial charge is 0.191 e. The molecule has 0 fully saturated rings. The first-order valence-corrected chi connectivity index (χ1v) is 12.5. The summed E-state index contributed by atoms with van der Waals surface area (Å²) in [6, 6.07) is 7.59. The number of nitrogens with two attached hydrogens (primary N) is 2. The van der Waals surface area contributed by atoms with Crippen LogP contribution in [0.15, 0.2) is 30.6 Å². The van der Waals surface area contributed by atoms with E-state index < -0.39 is 8.32 Å². The van der Waals surface area contributed by atoms with Crippen LogP contribution < -0.4 is 11.5 Å². The van der Waals surface area contributed by atoms with E-state index in [0.29, 0.717) is 24.7 Å². The van der Waals surface area contributed by atoms with Crippen molar-refractivity contribution in [2.75, 3.05) is 18.1 Å². The summed E-state index contributed by atoms with van der Waals surface area (Å²) in [5.74, 6) is 0.431. The molecule has 0 atom stereocenters. The highest BCUT2D eigenvalue weighted by molar-refractivity contribution is 6.74. The van der Waals surface area contributed by atoms with Crippen molar-refractivity contribution in [3.05, 3.63) is 30.6 Å². The van der Waals surface area contributed by atoms with Crippen molar-refractivity contribution in [3.63, 3.8) is 0 Å². The minimum atomic E-state index is -1.75. The molecule has 4 N–H and O–H groups in total. The Morgan fingerprint density at radius 3 is 2.39 bits per heavy atom. The van der Waals surface area contributed by atoms with E-state index in [9.17, 15) is 0 Å². The van der Waals surface area contributed by atoms with Crippen molar-refractivity contribution in [1.82, 2.24) is 19.7 Å². The summed E-state index contributed by atoms with van der Waals surface area (Å²) in [4.78, 5) is 8.57. The minimum Gasteiger partial charge on any atom is -0.417 e. The van der Waals surface area contributed by atoms with Crippen LogP contribution in [0.2, 0.25) is 18.1 Å². The van der Waals surface area contributed by atoms with Gasteiger partial charge in [0.25, 0.3) is 0 Å². The number of rotatable bonds is 6. The molecule has 0 saturated carbocycles. The van der Waals surface area contributed by atoms with E-state index >= 15 is 0 Å². The van der Waals surface area contributed by atoms with Crippen molar-refractivity contribution in [2.24, 2.45) is 0 Å². The Labute approximate surface area is 167 Å². The molecule has 1 aromatic carbocycles. The van der Waals surface area contributed by atoms with E-state index in [1.54, 1.807) is 0 Å². The molecule has 3 rings (SSSR count). The summed E-state index contributed by atoms with van der Waals surface area (Å²) in [7, 11) is -1.75. The minimum absolute atomic E-state index is 0.204. The van der Waals surface area contributed by atoms with Crippen LogP contribution in [0.1, 0.15) is 27.2 Å². The molecule has 0 bridgehead atoms. The fourth-order valence-electron chi connectivity index (χ4n) is 2.79. The van der Waals surface area contributed by atoms with Gasteiger partial charge in [0.2, 0.25) is 0 Å². The average molecular weight is 399 g/mol. The Morgan fingerprint density at radius 2 is 1.75 bits per heavy atom. The number of hydrogen-bond acceptors (Lipinski definition) is 6. The molecule has 0 unspecified atom stereocenters. The summed E-state index contributed by atoms with van der Waals surface area (Å²) in [6.45, 7) is 12.7. The maximum Gasteiger partial charge on any atom is 0.191 e. The van der Waals surface area contributed by atoms with Gasteiger partial charge in [-0.25, -0.2) is 14.6 Å². The molecule has 0 aliphatic rings. The molecular weight excluding hydrogens is 368 g/mol. The second kappa shape index (κ2) is 7.52. The quantitative estimate of drug-likeness (QED) is 0.368. The number of benzene rings is 1. The van der Waals surface area contributed by atoms with Gasteiger partial charge in [-0.3, -0.25) is 0 Å². The van der Waals surface area contributed by atoms with E-state index in [1.165, 1.54) is 6.33 Å². The molecule has 0 amide bonds. The van der Waals surface area contributed by atoms with Gasteiger partial charge < -0.3 is 15.9 Å². The second-order valence-electron chi connectivity index (χ2n) is 8.61. The highest BCUT2D eigenvalue weighted by atomic mass is 28.4. The third-order valence-electron chi connectivity index (χ3n) is 5.53. The van der Waals surface area contributed by atoms with E-state index in [4.69, 9.17) is 21.0 Å². The molecule has 0 aliphatic heterocycles. The Morgan fingerprint density at radius 1 is 1.07 bits per heavy atom. The van der Waals surface area contributed by atoms with Crippen molar-refractivity contribution in [1.29, 1.82) is 0 Å². The summed E-state index contributed by atoms with van der Waals surface area (Å²) in [6.07, 6.45) is 2.34. The van der Waals surface area contributed by atoms with Crippen LogP contribution in [-0.2, 0) is 11.0 Å². The molecule has 0 spiro atoms. The van der Waals surface area contributed by atoms with Crippen LogP contribution in [-0.4, -0.2) is 34.7 Å². The van der Waals surface area contributed by atoms with Gasteiger partial charge in [0.15, 0.2) is 14.0 Å². The van der Waals surface area contributed by atoms with E-state index in [1.807, 2.05) is 28.9 Å². The molecular formula is C20H30N6OSi. The fourth-order valence-corrected chi connectivity index (χ4v) is 3.88. The number of fused-ring (bicyclic) bond motifs is 1. The maximum atomic E-state index is 6.28. The maximum absolute atomic E-state index is 6.28. The molecule has 7 nitrogen and oxygen atoms in total. The van der Waals surface area contributed by atoms with Crippen molar-refractivity contribution in [3.8, 4) is 11.3 Å². The zero-order chi connectivity index (χ0) is 20.5. The molecule has 28 heavy (non-hydrogen) atoms. The highest BCUT2D eigenvalue weighted by Crippen LogP contribution is 2.36. The van der Waals surface area contributed by atoms with Crippen LogP contribution in [0.3, 0.4) is 0 Å². The van der Waals surface area contributed by atoms with E-state index in [0.717, 1.165) is 28.7 Å². The zero-order valence-electron chi connectivity index (χ0n) is 17.4. The summed E-state index contributed by atoms with van der Waals surface area (Å²) in [5.41, 5.74) is 15.1. The second-order valence-corrected chi connectivity index (χ2v) is 13.4. The van der Waals surface area contributed by atoms with E-state index in [2.05, 4.69) is 43.8 Å². The predicted molar refractivity (Wildman–Crippen MR) is 117 cm³/mol. The van der Waals surface area contributed by atoms with Gasteiger partial charge in [0, 0.05) is 24.4 Å². The van der Waals surface area contributed by atoms with Crippen molar-refractivity contribution in [2.45, 2.75) is 51.9 Å². The molecule has 2 aromatic heterocycles. The lowest BCUT2D eigenvalue weighted by Crippen LogP contribution is -2.41. The third-order valence-corrected chi connectivity index (χ3v) is 10.1. The number of aromatic nitrogens is 4. The largest absolute Gasteiger partial charge is 0.417 e. The number of nitrogens with zero attached hydrogens (tertiary/aromatic N) is 4. The summed E-state index contributed by atoms with van der Waals surface area (Å²) >= 11 is 0. The van der Waals surface area contributed by atoms with Gasteiger partial charge in [-0.1, -0.05) is 32.9 Å². The van der Waals surface area contributed by atoms with Crippen LogP contribution in [0, 0.1) is 0 Å². The van der Waals surface area contributed by atoms with Crippen LogP contribution >= 0.6 is 0 Å². The Balaban J connectivity index is 1.83. The number of hydrogen-bond donors (Lipinski definition) is 2. The first kappa shape index (κ1) is 20.3. The first-order chi connectivity index (χ1) is 13.1. The lowest BCUT2D eigenvalue weighted by molar-refractivity contribution is 0.273. The van der Waals surface area contributed by atoms with Crippen LogP contribution in [0.5, 0.6) is 0 Å². The first-order valence-electron chi connectivity index (χ1n) is 9.57.